The summed E-state index contributed by atoms with van der Waals surface area (Å²) in [5.41, 5.74) is 0. The summed E-state index contributed by atoms with van der Waals surface area (Å²) in [7, 11) is 0.154. The van der Waals surface area contributed by atoms with Gasteiger partial charge in [-0.05, 0) is 34.8 Å². The van der Waals surface area contributed by atoms with Crippen molar-refractivity contribution in [1.29, 1.82) is 0 Å². The Morgan fingerprint density at radius 1 is 0.739 bits per heavy atom. The topological polar surface area (TPSA) is 18.5 Å². The van der Waals surface area contributed by atoms with Gasteiger partial charge >= 0.3 is 0 Å². The number of ether oxygens (including phenoxy) is 2. The number of rotatable bonds is 4. The van der Waals surface area contributed by atoms with Crippen LogP contribution in [0.15, 0.2) is 60.7 Å². The molecule has 0 N–H and O–H groups in total. The molecule has 0 aliphatic carbocycles. The van der Waals surface area contributed by atoms with Crippen LogP contribution in [0.2, 0.25) is 19.6 Å². The van der Waals surface area contributed by atoms with Gasteiger partial charge in [-0.1, -0.05) is 56.0 Å². The van der Waals surface area contributed by atoms with E-state index in [-0.39, 0.29) is 0 Å². The molecule has 0 unspecified atom stereocenters. The van der Waals surface area contributed by atoms with Gasteiger partial charge in [-0.3, -0.25) is 0 Å². The lowest BCUT2D eigenvalue weighted by atomic mass is 10.1. The molecule has 0 amide bonds. The summed E-state index contributed by atoms with van der Waals surface area (Å²) in [6.45, 7) is 7.04. The molecule has 3 rings (SSSR count). The Morgan fingerprint density at radius 2 is 1.39 bits per heavy atom. The predicted octanol–water partition coefficient (Wildman–Crippen LogP) is 5.19. The molecule has 23 heavy (non-hydrogen) atoms. The van der Waals surface area contributed by atoms with Crippen LogP contribution in [0.1, 0.15) is 0 Å². The number of fused-ring (bicyclic) bond motifs is 1. The minimum Gasteiger partial charge on any atom is -0.497 e. The maximum atomic E-state index is 6.33. The molecule has 0 saturated carbocycles. The number of hydrogen-bond donors (Lipinski definition) is 0. The second kappa shape index (κ2) is 6.09. The predicted molar refractivity (Wildman–Crippen MR) is 100.0 cm³/mol. The summed E-state index contributed by atoms with van der Waals surface area (Å²) in [5, 5.41) is 3.72. The average molecular weight is 322 g/mol. The highest BCUT2D eigenvalue weighted by Crippen LogP contribution is 2.31. The Hall–Kier alpha value is -2.26. The second-order valence-electron chi connectivity index (χ2n) is 6.69. The van der Waals surface area contributed by atoms with Crippen LogP contribution >= 0.6 is 0 Å². The Bertz CT molecular complexity index is 817. The Morgan fingerprint density at radius 3 is 2.04 bits per heavy atom. The molecule has 0 aliphatic rings. The highest BCUT2D eigenvalue weighted by Gasteiger charge is 2.23. The van der Waals surface area contributed by atoms with Crippen LogP contribution in [-0.2, 0) is 0 Å². The number of methoxy groups -OCH3 is 1. The first-order valence-corrected chi connectivity index (χ1v) is 11.3. The maximum absolute atomic E-state index is 6.33. The summed E-state index contributed by atoms with van der Waals surface area (Å²) in [6, 6.07) is 20.6. The third kappa shape index (κ3) is 3.25. The third-order valence-electron chi connectivity index (χ3n) is 3.97. The fourth-order valence-electron chi connectivity index (χ4n) is 2.71. The van der Waals surface area contributed by atoms with Crippen molar-refractivity contribution in [3.05, 3.63) is 60.7 Å². The van der Waals surface area contributed by atoms with Gasteiger partial charge < -0.3 is 9.47 Å². The van der Waals surface area contributed by atoms with Crippen LogP contribution in [0, 0.1) is 0 Å². The molecule has 0 fully saturated rings. The summed E-state index contributed by atoms with van der Waals surface area (Å²) in [5.74, 6) is 2.66. The summed E-state index contributed by atoms with van der Waals surface area (Å²) >= 11 is 0. The zero-order valence-electron chi connectivity index (χ0n) is 14.1. The summed E-state index contributed by atoms with van der Waals surface area (Å²) < 4.78 is 11.5. The van der Waals surface area contributed by atoms with Crippen molar-refractivity contribution in [3.63, 3.8) is 0 Å². The normalized spacial score (nSPS) is 11.5. The molecule has 0 saturated heterocycles. The van der Waals surface area contributed by atoms with Gasteiger partial charge in [0.25, 0.3) is 0 Å². The van der Waals surface area contributed by atoms with Gasteiger partial charge in [-0.2, -0.15) is 0 Å². The highest BCUT2D eigenvalue weighted by molar-refractivity contribution is 6.89. The van der Waals surface area contributed by atoms with Crippen LogP contribution in [-0.4, -0.2) is 15.2 Å². The lowest BCUT2D eigenvalue weighted by Crippen LogP contribution is -2.38. The zero-order chi connectivity index (χ0) is 16.4. The monoisotopic (exact) mass is 322 g/mol. The van der Waals surface area contributed by atoms with Crippen molar-refractivity contribution in [2.45, 2.75) is 19.6 Å². The number of hydrogen-bond acceptors (Lipinski definition) is 2. The van der Waals surface area contributed by atoms with Crippen molar-refractivity contribution in [1.82, 2.24) is 0 Å². The Labute approximate surface area is 138 Å². The molecular weight excluding hydrogens is 300 g/mol. The van der Waals surface area contributed by atoms with Crippen molar-refractivity contribution >= 4 is 24.0 Å². The van der Waals surface area contributed by atoms with Crippen LogP contribution in [0.4, 0.5) is 0 Å². The molecule has 3 heteroatoms. The molecule has 0 atom stereocenters. The Balaban J connectivity index is 2.12. The van der Waals surface area contributed by atoms with Crippen molar-refractivity contribution in [2.24, 2.45) is 0 Å². The number of benzene rings is 3. The molecule has 0 aromatic heterocycles. The standard InChI is InChI=1S/C20H22O2Si/c1-21-16-10-12-17(13-11-16)22-20-18-8-6-5-7-15(18)9-14-19(20)23(2,3)4/h5-14H,1-4H3. The van der Waals surface area contributed by atoms with Crippen LogP contribution in [0.25, 0.3) is 10.8 Å². The lowest BCUT2D eigenvalue weighted by molar-refractivity contribution is 0.413. The van der Waals surface area contributed by atoms with E-state index in [2.05, 4.69) is 56.0 Å². The van der Waals surface area contributed by atoms with Gasteiger partial charge in [-0.25, -0.2) is 0 Å². The zero-order valence-corrected chi connectivity index (χ0v) is 15.1. The fraction of sp³-hybridized carbons (Fsp3) is 0.200. The van der Waals surface area contributed by atoms with E-state index in [1.807, 2.05) is 24.3 Å². The fourth-order valence-corrected chi connectivity index (χ4v) is 4.16. The van der Waals surface area contributed by atoms with E-state index in [1.54, 1.807) is 7.11 Å². The van der Waals surface area contributed by atoms with E-state index in [0.717, 1.165) is 17.2 Å². The van der Waals surface area contributed by atoms with E-state index in [0.29, 0.717) is 0 Å². The van der Waals surface area contributed by atoms with Gasteiger partial charge in [0.15, 0.2) is 0 Å². The van der Waals surface area contributed by atoms with Crippen molar-refractivity contribution in [3.8, 4) is 17.2 Å². The van der Waals surface area contributed by atoms with Gasteiger partial charge in [0.05, 0.1) is 15.2 Å². The van der Waals surface area contributed by atoms with E-state index in [1.165, 1.54) is 16.0 Å². The molecule has 2 nitrogen and oxygen atoms in total. The van der Waals surface area contributed by atoms with Crippen molar-refractivity contribution in [2.75, 3.05) is 7.11 Å². The Kier molecular flexibility index (Phi) is 4.14. The van der Waals surface area contributed by atoms with E-state index in [4.69, 9.17) is 9.47 Å². The van der Waals surface area contributed by atoms with E-state index >= 15 is 0 Å². The van der Waals surface area contributed by atoms with Crippen LogP contribution < -0.4 is 14.7 Å². The smallest absolute Gasteiger partial charge is 0.134 e. The van der Waals surface area contributed by atoms with Gasteiger partial charge in [-0.15, -0.1) is 0 Å². The van der Waals surface area contributed by atoms with E-state index in [9.17, 15) is 0 Å². The SMILES string of the molecule is COc1ccc(Oc2c([Si](C)(C)C)ccc3ccccc23)cc1. The van der Waals surface area contributed by atoms with Crippen LogP contribution in [0.3, 0.4) is 0 Å². The van der Waals surface area contributed by atoms with Gasteiger partial charge in [0.1, 0.15) is 17.2 Å². The highest BCUT2D eigenvalue weighted by atomic mass is 28.3. The average Bonchev–Trinajstić information content (AvgIpc) is 2.55. The van der Waals surface area contributed by atoms with Gasteiger partial charge in [0, 0.05) is 5.39 Å². The quantitative estimate of drug-likeness (QED) is 0.616. The molecular formula is C20H22O2Si. The van der Waals surface area contributed by atoms with Crippen molar-refractivity contribution < 1.29 is 9.47 Å². The minimum atomic E-state index is -1.52. The molecule has 0 aliphatic heterocycles. The lowest BCUT2D eigenvalue weighted by Gasteiger charge is -2.22. The largest absolute Gasteiger partial charge is 0.497 e. The maximum Gasteiger partial charge on any atom is 0.134 e. The molecule has 0 bridgehead atoms. The molecule has 0 heterocycles. The second-order valence-corrected chi connectivity index (χ2v) is 11.7. The first-order chi connectivity index (χ1) is 11.0. The molecule has 0 spiro atoms. The third-order valence-corrected chi connectivity index (χ3v) is 5.98. The van der Waals surface area contributed by atoms with E-state index < -0.39 is 8.07 Å². The van der Waals surface area contributed by atoms with Crippen LogP contribution in [0.5, 0.6) is 17.2 Å². The molecule has 0 radical (unpaired) electrons. The summed E-state index contributed by atoms with van der Waals surface area (Å²) in [4.78, 5) is 0. The molecule has 3 aromatic carbocycles. The van der Waals surface area contributed by atoms with Gasteiger partial charge in [0.2, 0.25) is 0 Å². The minimum absolute atomic E-state index is 0.834. The molecule has 118 valence electrons. The molecule has 3 aromatic rings. The summed E-state index contributed by atoms with van der Waals surface area (Å²) in [6.07, 6.45) is 0. The first kappa shape index (κ1) is 15.6. The first-order valence-electron chi connectivity index (χ1n) is 7.83.